The normalized spacial score (nSPS) is 24.7. The molecule has 0 saturated heterocycles. The quantitative estimate of drug-likeness (QED) is 0.465. The number of aliphatic hydroxyl groups is 2. The van der Waals surface area contributed by atoms with Crippen molar-refractivity contribution in [3.63, 3.8) is 0 Å². The van der Waals surface area contributed by atoms with Crippen molar-refractivity contribution in [1.29, 1.82) is 0 Å². The van der Waals surface area contributed by atoms with Crippen molar-refractivity contribution in [1.82, 2.24) is 5.32 Å². The van der Waals surface area contributed by atoms with Crippen LogP contribution in [-0.4, -0.2) is 41.3 Å². The minimum Gasteiger partial charge on any atom is -0.459 e. The average Bonchev–Trinajstić information content (AvgIpc) is 3.20. The number of nitrogens with one attached hydrogen (secondary N) is 1. The number of rotatable bonds is 8. The fourth-order valence-electron chi connectivity index (χ4n) is 3.60. The highest BCUT2D eigenvalue weighted by atomic mass is 32.1. The van der Waals surface area contributed by atoms with Crippen LogP contribution in [-0.2, 0) is 14.3 Å². The summed E-state index contributed by atoms with van der Waals surface area (Å²) in [6, 6.07) is 2.05. The molecule has 0 bridgehead atoms. The van der Waals surface area contributed by atoms with E-state index in [0.717, 1.165) is 31.2 Å². The lowest BCUT2D eigenvalue weighted by Gasteiger charge is -2.34. The third-order valence-electron chi connectivity index (χ3n) is 5.14. The molecule has 0 spiro atoms. The predicted octanol–water partition coefficient (Wildman–Crippen LogP) is 3.02. The lowest BCUT2D eigenvalue weighted by molar-refractivity contribution is -0.152. The SMILES string of the molecule is O=C(NC1(O)CCCCC1)C1=C[C@H](c2ccsc2)C[C@H](OCCCCO)O1. The minimum atomic E-state index is -1.15. The van der Waals surface area contributed by atoms with Crippen LogP contribution >= 0.6 is 11.3 Å². The Morgan fingerprint density at radius 3 is 2.85 bits per heavy atom. The Kier molecular flexibility index (Phi) is 7.29. The molecule has 1 fully saturated rings. The van der Waals surface area contributed by atoms with Crippen LogP contribution in [0.4, 0.5) is 0 Å². The molecule has 1 amide bonds. The summed E-state index contributed by atoms with van der Waals surface area (Å²) in [6.45, 7) is 0.610. The third-order valence-corrected chi connectivity index (χ3v) is 5.84. The first-order valence-corrected chi connectivity index (χ1v) is 10.7. The lowest BCUT2D eigenvalue weighted by atomic mass is 9.91. The van der Waals surface area contributed by atoms with E-state index < -0.39 is 12.0 Å². The number of hydrogen-bond donors (Lipinski definition) is 3. The highest BCUT2D eigenvalue weighted by Gasteiger charge is 2.35. The number of carbonyl (C=O) groups is 1. The van der Waals surface area contributed by atoms with Crippen LogP contribution in [0.15, 0.2) is 28.7 Å². The van der Waals surface area contributed by atoms with Crippen molar-refractivity contribution in [2.45, 2.75) is 69.3 Å². The first-order chi connectivity index (χ1) is 13.1. The van der Waals surface area contributed by atoms with Gasteiger partial charge in [0.2, 0.25) is 6.29 Å². The van der Waals surface area contributed by atoms with Crippen molar-refractivity contribution in [3.8, 4) is 0 Å². The van der Waals surface area contributed by atoms with E-state index in [-0.39, 0.29) is 24.2 Å². The molecular weight excluding hydrogens is 366 g/mol. The van der Waals surface area contributed by atoms with Crippen LogP contribution in [0.25, 0.3) is 0 Å². The molecule has 2 aliphatic rings. The number of thiophene rings is 1. The molecule has 1 aromatic heterocycles. The monoisotopic (exact) mass is 395 g/mol. The van der Waals surface area contributed by atoms with Crippen molar-refractivity contribution in [2.75, 3.05) is 13.2 Å². The number of ether oxygens (including phenoxy) is 2. The van der Waals surface area contributed by atoms with E-state index in [1.807, 2.05) is 17.5 Å². The number of hydrogen-bond acceptors (Lipinski definition) is 6. The largest absolute Gasteiger partial charge is 0.459 e. The zero-order chi connectivity index (χ0) is 19.1. The Labute approximate surface area is 164 Å². The van der Waals surface area contributed by atoms with Crippen LogP contribution in [0.2, 0.25) is 0 Å². The van der Waals surface area contributed by atoms with Gasteiger partial charge in [0.15, 0.2) is 5.76 Å². The third kappa shape index (κ3) is 5.78. The molecule has 1 saturated carbocycles. The standard InChI is InChI=1S/C20H29NO5S/c22-9-4-5-10-25-18-13-16(15-6-11-27-14-15)12-17(26-18)19(23)21-20(24)7-2-1-3-8-20/h6,11-12,14,16,18,22,24H,1-5,7-10,13H2,(H,21,23)/t16-,18+/m0/s1. The highest BCUT2D eigenvalue weighted by Crippen LogP contribution is 2.33. The van der Waals surface area contributed by atoms with Gasteiger partial charge in [-0.15, -0.1) is 0 Å². The van der Waals surface area contributed by atoms with Gasteiger partial charge in [0.05, 0.1) is 6.61 Å². The van der Waals surface area contributed by atoms with Gasteiger partial charge >= 0.3 is 0 Å². The van der Waals surface area contributed by atoms with Gasteiger partial charge in [0.1, 0.15) is 5.72 Å². The number of unbranched alkanes of at least 4 members (excludes halogenated alkanes) is 1. The minimum absolute atomic E-state index is 0.0367. The van der Waals surface area contributed by atoms with Crippen LogP contribution in [0.5, 0.6) is 0 Å². The highest BCUT2D eigenvalue weighted by molar-refractivity contribution is 7.08. The molecule has 3 rings (SSSR count). The molecule has 3 N–H and O–H groups in total. The molecule has 6 nitrogen and oxygen atoms in total. The summed E-state index contributed by atoms with van der Waals surface area (Å²) in [4.78, 5) is 12.8. The number of amides is 1. The maximum atomic E-state index is 12.8. The maximum absolute atomic E-state index is 12.8. The molecule has 27 heavy (non-hydrogen) atoms. The number of aliphatic hydroxyl groups excluding tert-OH is 1. The summed E-state index contributed by atoms with van der Waals surface area (Å²) < 4.78 is 11.6. The molecule has 150 valence electrons. The van der Waals surface area contributed by atoms with E-state index >= 15 is 0 Å². The van der Waals surface area contributed by atoms with E-state index in [9.17, 15) is 9.90 Å². The summed E-state index contributed by atoms with van der Waals surface area (Å²) in [6.07, 6.45) is 7.41. The summed E-state index contributed by atoms with van der Waals surface area (Å²) in [5.41, 5.74) is -0.0132. The second kappa shape index (κ2) is 9.68. The topological polar surface area (TPSA) is 88.0 Å². The van der Waals surface area contributed by atoms with E-state index in [2.05, 4.69) is 10.7 Å². The second-order valence-corrected chi connectivity index (χ2v) is 8.11. The molecule has 0 unspecified atom stereocenters. The molecule has 2 heterocycles. The van der Waals surface area contributed by atoms with Gasteiger partial charge < -0.3 is 25.0 Å². The van der Waals surface area contributed by atoms with Gasteiger partial charge in [0.25, 0.3) is 5.91 Å². The molecule has 1 aliphatic heterocycles. The van der Waals surface area contributed by atoms with Crippen molar-refractivity contribution in [3.05, 3.63) is 34.2 Å². The summed E-state index contributed by atoms with van der Waals surface area (Å²) in [7, 11) is 0. The Hall–Kier alpha value is -1.41. The number of allylic oxidation sites excluding steroid dienone is 1. The molecule has 0 aromatic carbocycles. The van der Waals surface area contributed by atoms with Crippen LogP contribution in [0.1, 0.15) is 62.8 Å². The van der Waals surface area contributed by atoms with Gasteiger partial charge in [0, 0.05) is 18.9 Å². The van der Waals surface area contributed by atoms with Crippen LogP contribution < -0.4 is 5.32 Å². The van der Waals surface area contributed by atoms with Crippen molar-refractivity contribution in [2.24, 2.45) is 0 Å². The molecular formula is C20H29NO5S. The van der Waals surface area contributed by atoms with Crippen LogP contribution in [0.3, 0.4) is 0 Å². The first kappa shape index (κ1) is 20.3. The van der Waals surface area contributed by atoms with Crippen molar-refractivity contribution >= 4 is 17.2 Å². The zero-order valence-corrected chi connectivity index (χ0v) is 16.4. The predicted molar refractivity (Wildman–Crippen MR) is 103 cm³/mol. The van der Waals surface area contributed by atoms with E-state index in [0.29, 0.717) is 32.3 Å². The molecule has 7 heteroatoms. The Morgan fingerprint density at radius 1 is 1.33 bits per heavy atom. The Balaban J connectivity index is 1.67. The van der Waals surface area contributed by atoms with Crippen LogP contribution in [0, 0.1) is 0 Å². The maximum Gasteiger partial charge on any atom is 0.288 e. The molecule has 0 radical (unpaired) electrons. The van der Waals surface area contributed by atoms with Gasteiger partial charge in [-0.2, -0.15) is 11.3 Å². The van der Waals surface area contributed by atoms with E-state index in [4.69, 9.17) is 14.6 Å². The fourth-order valence-corrected chi connectivity index (χ4v) is 4.32. The van der Waals surface area contributed by atoms with Gasteiger partial charge in [-0.3, -0.25) is 4.79 Å². The Morgan fingerprint density at radius 2 is 2.15 bits per heavy atom. The molecule has 2 atom stereocenters. The van der Waals surface area contributed by atoms with E-state index in [1.165, 1.54) is 0 Å². The Bertz CT molecular complexity index is 624. The summed E-state index contributed by atoms with van der Waals surface area (Å²) in [5, 5.41) is 26.4. The molecule has 1 aromatic rings. The number of carbonyl (C=O) groups excluding carboxylic acids is 1. The fraction of sp³-hybridized carbons (Fsp3) is 0.650. The summed E-state index contributed by atoms with van der Waals surface area (Å²) >= 11 is 1.62. The lowest BCUT2D eigenvalue weighted by Crippen LogP contribution is -2.50. The summed E-state index contributed by atoms with van der Waals surface area (Å²) in [5.74, 6) is -0.138. The first-order valence-electron chi connectivity index (χ1n) is 9.77. The van der Waals surface area contributed by atoms with Crippen molar-refractivity contribution < 1.29 is 24.5 Å². The average molecular weight is 396 g/mol. The second-order valence-electron chi connectivity index (χ2n) is 7.33. The van der Waals surface area contributed by atoms with Gasteiger partial charge in [-0.1, -0.05) is 6.42 Å². The smallest absolute Gasteiger partial charge is 0.288 e. The molecule has 1 aliphatic carbocycles. The zero-order valence-electron chi connectivity index (χ0n) is 15.6. The van der Waals surface area contributed by atoms with Gasteiger partial charge in [-0.05, 0) is 67.0 Å². The van der Waals surface area contributed by atoms with Gasteiger partial charge in [-0.25, -0.2) is 0 Å². The van der Waals surface area contributed by atoms with E-state index in [1.54, 1.807) is 11.3 Å².